The number of pyridine rings is 1. The third-order valence-corrected chi connectivity index (χ3v) is 4.27. The first-order chi connectivity index (χ1) is 12.7. The zero-order valence-electron chi connectivity index (χ0n) is 14.4. The van der Waals surface area contributed by atoms with Crippen molar-refractivity contribution in [2.45, 2.75) is 13.5 Å². The van der Waals surface area contributed by atoms with Gasteiger partial charge in [-0.15, -0.1) is 0 Å². The van der Waals surface area contributed by atoms with Crippen LogP contribution in [0.2, 0.25) is 0 Å². The van der Waals surface area contributed by atoms with Gasteiger partial charge in [-0.05, 0) is 42.8 Å². The number of aromatic nitrogens is 3. The van der Waals surface area contributed by atoms with Crippen molar-refractivity contribution in [1.29, 1.82) is 0 Å². The van der Waals surface area contributed by atoms with E-state index in [0.717, 1.165) is 28.0 Å². The molecule has 0 unspecified atom stereocenters. The Kier molecular flexibility index (Phi) is 4.19. The first-order valence-corrected chi connectivity index (χ1v) is 8.44. The molecule has 2 aromatic carbocycles. The molecule has 4 aromatic rings. The molecular weight excluding hydrogens is 324 g/mol. The van der Waals surface area contributed by atoms with Crippen LogP contribution in [-0.2, 0) is 11.3 Å². The third kappa shape index (κ3) is 3.07. The summed E-state index contributed by atoms with van der Waals surface area (Å²) in [5.41, 5.74) is 4.35. The fourth-order valence-corrected chi connectivity index (χ4v) is 2.97. The van der Waals surface area contributed by atoms with E-state index in [1.165, 1.54) is 0 Å². The molecule has 0 saturated heterocycles. The molecule has 0 fully saturated rings. The number of fused-ring (bicyclic) bond motifs is 1. The van der Waals surface area contributed by atoms with Crippen LogP contribution in [0.5, 0.6) is 0 Å². The molecule has 0 spiro atoms. The van der Waals surface area contributed by atoms with Crippen LogP contribution >= 0.6 is 0 Å². The lowest BCUT2D eigenvalue weighted by Crippen LogP contribution is -2.20. The highest BCUT2D eigenvalue weighted by atomic mass is 16.1. The maximum atomic E-state index is 12.7. The van der Waals surface area contributed by atoms with Crippen molar-refractivity contribution in [3.05, 3.63) is 78.5 Å². The van der Waals surface area contributed by atoms with Crippen molar-refractivity contribution in [2.24, 2.45) is 0 Å². The van der Waals surface area contributed by atoms with Crippen LogP contribution in [0.1, 0.15) is 5.56 Å². The Labute approximate surface area is 151 Å². The molecular formula is C21H18N4O. The van der Waals surface area contributed by atoms with E-state index in [2.05, 4.69) is 15.3 Å². The largest absolute Gasteiger partial charge is 0.324 e. The zero-order valence-corrected chi connectivity index (χ0v) is 14.4. The van der Waals surface area contributed by atoms with Crippen LogP contribution in [-0.4, -0.2) is 20.4 Å². The summed E-state index contributed by atoms with van der Waals surface area (Å²) in [5.74, 6) is 0.589. The predicted molar refractivity (Wildman–Crippen MR) is 103 cm³/mol. The van der Waals surface area contributed by atoms with Crippen LogP contribution in [0.25, 0.3) is 22.6 Å². The molecule has 2 aromatic heterocycles. The molecule has 0 radical (unpaired) electrons. The number of carbonyl (C=O) groups is 1. The summed E-state index contributed by atoms with van der Waals surface area (Å²) in [7, 11) is 0. The Morgan fingerprint density at radius 1 is 1.00 bits per heavy atom. The molecule has 0 aliphatic rings. The maximum absolute atomic E-state index is 12.7. The van der Waals surface area contributed by atoms with E-state index in [4.69, 9.17) is 0 Å². The summed E-state index contributed by atoms with van der Waals surface area (Å²) in [5, 5.41) is 2.98. The van der Waals surface area contributed by atoms with Gasteiger partial charge in [-0.3, -0.25) is 9.78 Å². The molecule has 1 N–H and O–H groups in total. The molecule has 0 bridgehead atoms. The first kappa shape index (κ1) is 16.0. The highest BCUT2D eigenvalue weighted by molar-refractivity contribution is 5.93. The average molecular weight is 342 g/mol. The molecule has 5 heteroatoms. The van der Waals surface area contributed by atoms with Gasteiger partial charge in [0.05, 0.1) is 11.0 Å². The van der Waals surface area contributed by atoms with Crippen LogP contribution in [0.3, 0.4) is 0 Å². The monoisotopic (exact) mass is 342 g/mol. The normalized spacial score (nSPS) is 10.8. The van der Waals surface area contributed by atoms with Crippen molar-refractivity contribution in [1.82, 2.24) is 14.5 Å². The Morgan fingerprint density at radius 3 is 2.58 bits per heavy atom. The number of rotatable bonds is 4. The minimum Gasteiger partial charge on any atom is -0.324 e. The van der Waals surface area contributed by atoms with Crippen molar-refractivity contribution in [3.8, 4) is 11.5 Å². The van der Waals surface area contributed by atoms with E-state index >= 15 is 0 Å². The van der Waals surface area contributed by atoms with Gasteiger partial charge in [0.15, 0.2) is 5.82 Å². The number of anilines is 1. The second kappa shape index (κ2) is 6.80. The van der Waals surface area contributed by atoms with Crippen LogP contribution in [0.15, 0.2) is 72.9 Å². The van der Waals surface area contributed by atoms with Gasteiger partial charge in [0.25, 0.3) is 0 Å². The van der Waals surface area contributed by atoms with Gasteiger partial charge in [-0.1, -0.05) is 36.4 Å². The molecule has 2 heterocycles. The minimum absolute atomic E-state index is 0.0976. The number of hydrogen-bond acceptors (Lipinski definition) is 3. The van der Waals surface area contributed by atoms with E-state index in [0.29, 0.717) is 5.82 Å². The minimum atomic E-state index is -0.0976. The average Bonchev–Trinajstić information content (AvgIpc) is 3.03. The number of aryl methyl sites for hydroxylation is 1. The number of imidazole rings is 1. The third-order valence-electron chi connectivity index (χ3n) is 4.27. The van der Waals surface area contributed by atoms with Gasteiger partial charge < -0.3 is 9.88 Å². The van der Waals surface area contributed by atoms with Gasteiger partial charge in [0.2, 0.25) is 5.91 Å². The molecule has 0 atom stereocenters. The Balaban J connectivity index is 1.71. The summed E-state index contributed by atoms with van der Waals surface area (Å²) in [6, 6.07) is 21.2. The van der Waals surface area contributed by atoms with Gasteiger partial charge in [-0.25, -0.2) is 4.98 Å². The molecule has 26 heavy (non-hydrogen) atoms. The number of nitrogens with zero attached hydrogens (tertiary/aromatic N) is 3. The first-order valence-electron chi connectivity index (χ1n) is 8.44. The van der Waals surface area contributed by atoms with E-state index in [1.807, 2.05) is 78.2 Å². The number of para-hydroxylation sites is 3. The fourth-order valence-electron chi connectivity index (χ4n) is 2.97. The lowest BCUT2D eigenvalue weighted by Gasteiger charge is -2.11. The van der Waals surface area contributed by atoms with Gasteiger partial charge in [0, 0.05) is 11.9 Å². The number of benzene rings is 2. The van der Waals surface area contributed by atoms with E-state index in [1.54, 1.807) is 6.20 Å². The van der Waals surface area contributed by atoms with E-state index in [-0.39, 0.29) is 12.5 Å². The summed E-state index contributed by atoms with van der Waals surface area (Å²) in [6.45, 7) is 2.14. The molecule has 5 nitrogen and oxygen atoms in total. The van der Waals surface area contributed by atoms with Gasteiger partial charge in [0.1, 0.15) is 12.2 Å². The van der Waals surface area contributed by atoms with Crippen molar-refractivity contribution in [3.63, 3.8) is 0 Å². The summed E-state index contributed by atoms with van der Waals surface area (Å²) >= 11 is 0. The van der Waals surface area contributed by atoms with E-state index in [9.17, 15) is 4.79 Å². The van der Waals surface area contributed by atoms with Gasteiger partial charge in [-0.2, -0.15) is 0 Å². The Hall–Kier alpha value is -3.47. The SMILES string of the molecule is Cc1ccccc1NC(=O)Cn1c(-c2ccccn2)nc2ccccc21. The molecule has 1 amide bonds. The lowest BCUT2D eigenvalue weighted by molar-refractivity contribution is -0.116. The number of nitrogens with one attached hydrogen (secondary N) is 1. The molecule has 128 valence electrons. The zero-order chi connectivity index (χ0) is 17.9. The van der Waals surface area contributed by atoms with E-state index < -0.39 is 0 Å². The number of hydrogen-bond donors (Lipinski definition) is 1. The van der Waals surface area contributed by atoms with Crippen LogP contribution in [0.4, 0.5) is 5.69 Å². The number of amides is 1. The highest BCUT2D eigenvalue weighted by Gasteiger charge is 2.16. The summed E-state index contributed by atoms with van der Waals surface area (Å²) < 4.78 is 1.91. The molecule has 0 aliphatic heterocycles. The molecule has 0 saturated carbocycles. The molecule has 0 aliphatic carbocycles. The Bertz CT molecular complexity index is 1070. The molecule has 4 rings (SSSR count). The van der Waals surface area contributed by atoms with Crippen LogP contribution < -0.4 is 5.32 Å². The topological polar surface area (TPSA) is 59.8 Å². The second-order valence-electron chi connectivity index (χ2n) is 6.09. The summed E-state index contributed by atoms with van der Waals surface area (Å²) in [6.07, 6.45) is 1.73. The second-order valence-corrected chi connectivity index (χ2v) is 6.09. The van der Waals surface area contributed by atoms with Crippen molar-refractivity contribution >= 4 is 22.6 Å². The van der Waals surface area contributed by atoms with Crippen LogP contribution in [0, 0.1) is 6.92 Å². The maximum Gasteiger partial charge on any atom is 0.244 e. The fraction of sp³-hybridized carbons (Fsp3) is 0.0952. The Morgan fingerprint density at radius 2 is 1.77 bits per heavy atom. The standard InChI is InChI=1S/C21H18N4O/c1-15-8-2-3-9-16(15)23-20(26)14-25-19-12-5-4-10-17(19)24-21(25)18-11-6-7-13-22-18/h2-13H,14H2,1H3,(H,23,26). The lowest BCUT2D eigenvalue weighted by atomic mass is 10.2. The quantitative estimate of drug-likeness (QED) is 0.609. The van der Waals surface area contributed by atoms with Crippen molar-refractivity contribution in [2.75, 3.05) is 5.32 Å². The summed E-state index contributed by atoms with van der Waals surface area (Å²) in [4.78, 5) is 21.8. The highest BCUT2D eigenvalue weighted by Crippen LogP contribution is 2.23. The van der Waals surface area contributed by atoms with Gasteiger partial charge >= 0.3 is 0 Å². The smallest absolute Gasteiger partial charge is 0.244 e. The number of carbonyl (C=O) groups excluding carboxylic acids is 1. The predicted octanol–water partition coefficient (Wildman–Crippen LogP) is 4.05. The van der Waals surface area contributed by atoms with Crippen molar-refractivity contribution < 1.29 is 4.79 Å².